The molecule has 0 bridgehead atoms. The Morgan fingerprint density at radius 2 is 1.78 bits per heavy atom. The third-order valence-corrected chi connectivity index (χ3v) is 2.21. The van der Waals surface area contributed by atoms with Gasteiger partial charge in [-0.05, 0) is 37.2 Å². The highest BCUT2D eigenvalue weighted by Gasteiger charge is 2.42. The van der Waals surface area contributed by atoms with E-state index in [-0.39, 0.29) is 25.2 Å². The third kappa shape index (κ3) is 3.69. The molecule has 0 saturated heterocycles. The average molecular weight is 264 g/mol. The topological polar surface area (TPSA) is 46.3 Å². The van der Waals surface area contributed by atoms with Crippen LogP contribution in [0.15, 0.2) is 24.3 Å². The summed E-state index contributed by atoms with van der Waals surface area (Å²) in [5, 5.41) is 0. The smallest absolute Gasteiger partial charge is 0.330 e. The Hall–Kier alpha value is -1.63. The van der Waals surface area contributed by atoms with Crippen molar-refractivity contribution in [3.05, 3.63) is 30.1 Å². The van der Waals surface area contributed by atoms with Crippen LogP contribution < -0.4 is 10.6 Å². The number of anilines is 1. The summed E-state index contributed by atoms with van der Waals surface area (Å²) in [4.78, 5) is 11.8. The highest BCUT2D eigenvalue weighted by molar-refractivity contribution is 5.97. The quantitative estimate of drug-likeness (QED) is 0.846. The molecule has 0 atom stereocenters. The molecule has 0 fully saturated rings. The van der Waals surface area contributed by atoms with Crippen LogP contribution in [0.5, 0.6) is 0 Å². The van der Waals surface area contributed by atoms with Crippen LogP contribution in [0.2, 0.25) is 0 Å². The average Bonchev–Trinajstić information content (AvgIpc) is 2.30. The number of nitrogens with zero attached hydrogens (tertiary/aromatic N) is 1. The van der Waals surface area contributed by atoms with Crippen LogP contribution in [0, 0.1) is 5.82 Å². The number of carbonyl (C=O) groups is 1. The van der Waals surface area contributed by atoms with Crippen LogP contribution in [0.3, 0.4) is 0 Å². The van der Waals surface area contributed by atoms with Crippen LogP contribution in [0.25, 0.3) is 0 Å². The maximum Gasteiger partial charge on any atom is 0.471 e. The molecule has 2 N–H and O–H groups in total. The number of hydrogen-bond donors (Lipinski definition) is 1. The van der Waals surface area contributed by atoms with Crippen LogP contribution in [-0.4, -0.2) is 25.2 Å². The second kappa shape index (κ2) is 5.81. The van der Waals surface area contributed by atoms with E-state index >= 15 is 0 Å². The van der Waals surface area contributed by atoms with Crippen molar-refractivity contribution in [1.29, 1.82) is 0 Å². The number of benzene rings is 1. The first-order valence-corrected chi connectivity index (χ1v) is 5.20. The molecule has 3 nitrogen and oxygen atoms in total. The van der Waals surface area contributed by atoms with Crippen molar-refractivity contribution in [2.75, 3.05) is 18.0 Å². The number of hydrogen-bond acceptors (Lipinski definition) is 2. The molecule has 1 amide bonds. The van der Waals surface area contributed by atoms with Gasteiger partial charge in [-0.2, -0.15) is 13.2 Å². The predicted molar refractivity (Wildman–Crippen MR) is 58.5 cm³/mol. The molecular weight excluding hydrogens is 252 g/mol. The third-order valence-electron chi connectivity index (χ3n) is 2.21. The van der Waals surface area contributed by atoms with Crippen LogP contribution in [-0.2, 0) is 4.79 Å². The van der Waals surface area contributed by atoms with Gasteiger partial charge < -0.3 is 10.6 Å². The molecule has 0 radical (unpaired) electrons. The standard InChI is InChI=1S/C11H12F4N2O/c12-8-2-4-9(5-3-8)17(7-1-6-16)10(18)11(13,14)15/h2-5H,1,6-7,16H2. The van der Waals surface area contributed by atoms with E-state index < -0.39 is 17.9 Å². The van der Waals surface area contributed by atoms with Gasteiger partial charge >= 0.3 is 12.1 Å². The Balaban J connectivity index is 2.98. The van der Waals surface area contributed by atoms with Crippen molar-refractivity contribution < 1.29 is 22.4 Å². The highest BCUT2D eigenvalue weighted by Crippen LogP contribution is 2.24. The fourth-order valence-corrected chi connectivity index (χ4v) is 1.37. The molecule has 0 aromatic heterocycles. The number of amides is 1. The van der Waals surface area contributed by atoms with Crippen molar-refractivity contribution in [1.82, 2.24) is 0 Å². The Morgan fingerprint density at radius 1 is 1.22 bits per heavy atom. The molecule has 18 heavy (non-hydrogen) atoms. The summed E-state index contributed by atoms with van der Waals surface area (Å²) in [6, 6.07) is 4.23. The van der Waals surface area contributed by atoms with Gasteiger partial charge in [0.2, 0.25) is 0 Å². The fraction of sp³-hybridized carbons (Fsp3) is 0.364. The second-order valence-corrected chi connectivity index (χ2v) is 3.57. The monoisotopic (exact) mass is 264 g/mol. The number of carbonyl (C=O) groups excluding carboxylic acids is 1. The van der Waals surface area contributed by atoms with Gasteiger partial charge in [-0.15, -0.1) is 0 Å². The molecule has 0 unspecified atom stereocenters. The van der Waals surface area contributed by atoms with Crippen LogP contribution >= 0.6 is 0 Å². The Labute approximate surface area is 101 Å². The van der Waals surface area contributed by atoms with E-state index in [1.165, 1.54) is 0 Å². The predicted octanol–water partition coefficient (Wildman–Crippen LogP) is 2.07. The van der Waals surface area contributed by atoms with Crippen molar-refractivity contribution in [3.8, 4) is 0 Å². The van der Waals surface area contributed by atoms with Crippen molar-refractivity contribution in [3.63, 3.8) is 0 Å². The molecule has 0 heterocycles. The molecule has 1 rings (SSSR count). The zero-order valence-electron chi connectivity index (χ0n) is 9.38. The Bertz CT molecular complexity index is 402. The summed E-state index contributed by atoms with van der Waals surface area (Å²) >= 11 is 0. The number of nitrogens with two attached hydrogens (primary N) is 1. The minimum atomic E-state index is -4.97. The van der Waals surface area contributed by atoms with Crippen LogP contribution in [0.1, 0.15) is 6.42 Å². The zero-order chi connectivity index (χ0) is 13.8. The van der Waals surface area contributed by atoms with Crippen molar-refractivity contribution in [2.45, 2.75) is 12.6 Å². The number of rotatable bonds is 4. The first-order chi connectivity index (χ1) is 8.36. The van der Waals surface area contributed by atoms with Gasteiger partial charge in [0.25, 0.3) is 0 Å². The molecular formula is C11H12F4N2O. The molecule has 0 saturated carbocycles. The minimum absolute atomic E-state index is 0.00725. The lowest BCUT2D eigenvalue weighted by Gasteiger charge is -2.23. The molecule has 0 aliphatic heterocycles. The molecule has 0 aliphatic carbocycles. The fourth-order valence-electron chi connectivity index (χ4n) is 1.37. The van der Waals surface area contributed by atoms with Gasteiger partial charge in [0, 0.05) is 12.2 Å². The van der Waals surface area contributed by atoms with Gasteiger partial charge in [-0.3, -0.25) is 4.79 Å². The van der Waals surface area contributed by atoms with Gasteiger partial charge in [0.15, 0.2) is 0 Å². The number of alkyl halides is 3. The van der Waals surface area contributed by atoms with Gasteiger partial charge in [0.1, 0.15) is 5.82 Å². The lowest BCUT2D eigenvalue weighted by atomic mass is 10.2. The Kier molecular flexibility index (Phi) is 4.66. The molecule has 1 aromatic carbocycles. The summed E-state index contributed by atoms with van der Waals surface area (Å²) < 4.78 is 49.9. The summed E-state index contributed by atoms with van der Waals surface area (Å²) in [5.41, 5.74) is 5.20. The Morgan fingerprint density at radius 3 is 2.22 bits per heavy atom. The summed E-state index contributed by atoms with van der Waals surface area (Å²) in [6.45, 7) is -0.0106. The maximum atomic E-state index is 12.7. The van der Waals surface area contributed by atoms with Gasteiger partial charge in [-0.1, -0.05) is 0 Å². The van der Waals surface area contributed by atoms with E-state index in [2.05, 4.69) is 0 Å². The maximum absolute atomic E-state index is 12.7. The van der Waals surface area contributed by atoms with Crippen molar-refractivity contribution >= 4 is 11.6 Å². The first-order valence-electron chi connectivity index (χ1n) is 5.20. The summed E-state index contributed by atoms with van der Waals surface area (Å²) in [5.74, 6) is -2.57. The van der Waals surface area contributed by atoms with E-state index in [1.807, 2.05) is 0 Å². The van der Waals surface area contributed by atoms with Gasteiger partial charge in [-0.25, -0.2) is 4.39 Å². The molecule has 7 heteroatoms. The number of halogens is 4. The van der Waals surface area contributed by atoms with E-state index in [9.17, 15) is 22.4 Å². The summed E-state index contributed by atoms with van der Waals surface area (Å²) in [6.07, 6.45) is -4.75. The summed E-state index contributed by atoms with van der Waals surface area (Å²) in [7, 11) is 0. The lowest BCUT2D eigenvalue weighted by molar-refractivity contribution is -0.170. The highest BCUT2D eigenvalue weighted by atomic mass is 19.4. The molecule has 100 valence electrons. The van der Waals surface area contributed by atoms with Crippen LogP contribution in [0.4, 0.5) is 23.2 Å². The SMILES string of the molecule is NCCCN(C(=O)C(F)(F)F)c1ccc(F)cc1. The minimum Gasteiger partial charge on any atom is -0.330 e. The molecule has 0 aliphatic rings. The van der Waals surface area contributed by atoms with E-state index in [0.717, 1.165) is 24.3 Å². The first kappa shape index (κ1) is 14.4. The van der Waals surface area contributed by atoms with E-state index in [4.69, 9.17) is 5.73 Å². The zero-order valence-corrected chi connectivity index (χ0v) is 9.38. The largest absolute Gasteiger partial charge is 0.471 e. The second-order valence-electron chi connectivity index (χ2n) is 3.57. The van der Waals surface area contributed by atoms with E-state index in [1.54, 1.807) is 0 Å². The normalized spacial score (nSPS) is 11.4. The van der Waals surface area contributed by atoms with Gasteiger partial charge in [0.05, 0.1) is 0 Å². The lowest BCUT2D eigenvalue weighted by Crippen LogP contribution is -2.42. The van der Waals surface area contributed by atoms with Crippen molar-refractivity contribution in [2.24, 2.45) is 5.73 Å². The van der Waals surface area contributed by atoms with E-state index in [0.29, 0.717) is 4.90 Å². The molecule has 1 aromatic rings. The molecule has 0 spiro atoms.